The number of aliphatic hydroxyl groups excluding tert-OH is 1. The molecular weight excluding hydrogens is 306 g/mol. The monoisotopic (exact) mass is 327 g/mol. The maximum Gasteiger partial charge on any atom is 0.119 e. The summed E-state index contributed by atoms with van der Waals surface area (Å²) in [5.41, 5.74) is 0. The Morgan fingerprint density at radius 1 is 1.37 bits per heavy atom. The second-order valence-electron chi connectivity index (χ2n) is 5.26. The highest BCUT2D eigenvalue weighted by Gasteiger charge is 2.20. The van der Waals surface area contributed by atoms with Crippen LogP contribution in [0.1, 0.15) is 26.2 Å². The van der Waals surface area contributed by atoms with Crippen LogP contribution in [0.3, 0.4) is 0 Å². The van der Waals surface area contributed by atoms with Crippen LogP contribution < -0.4 is 4.74 Å². The third-order valence-electron chi connectivity index (χ3n) is 3.64. The minimum absolute atomic E-state index is 0.352. The van der Waals surface area contributed by atoms with Crippen LogP contribution in [0.15, 0.2) is 28.7 Å². The summed E-state index contributed by atoms with van der Waals surface area (Å²) in [4.78, 5) is 2.36. The van der Waals surface area contributed by atoms with E-state index in [4.69, 9.17) is 4.74 Å². The third-order valence-corrected chi connectivity index (χ3v) is 4.17. The highest BCUT2D eigenvalue weighted by Crippen LogP contribution is 2.18. The van der Waals surface area contributed by atoms with E-state index in [0.717, 1.165) is 16.8 Å². The fourth-order valence-corrected chi connectivity index (χ4v) is 2.74. The van der Waals surface area contributed by atoms with Crippen molar-refractivity contribution in [2.24, 2.45) is 0 Å². The van der Waals surface area contributed by atoms with Crippen LogP contribution in [-0.4, -0.2) is 41.8 Å². The molecule has 0 spiro atoms. The van der Waals surface area contributed by atoms with Crippen LogP contribution in [-0.2, 0) is 0 Å². The lowest BCUT2D eigenvalue weighted by molar-refractivity contribution is 0.0438. The van der Waals surface area contributed by atoms with E-state index in [0.29, 0.717) is 19.2 Å². The van der Waals surface area contributed by atoms with E-state index in [1.54, 1.807) is 0 Å². The summed E-state index contributed by atoms with van der Waals surface area (Å²) in [7, 11) is 0. The van der Waals surface area contributed by atoms with Gasteiger partial charge in [0.1, 0.15) is 18.5 Å². The first-order valence-electron chi connectivity index (χ1n) is 6.95. The quantitative estimate of drug-likeness (QED) is 0.902. The standard InChI is InChI=1S/C15H22BrNO2/c1-12-4-2-3-9-17(12)10-14(18)11-19-15-7-5-13(16)6-8-15/h5-8,12,14,18H,2-4,9-11H2,1H3. The molecule has 1 N–H and O–H groups in total. The molecule has 1 heterocycles. The number of halogens is 1. The zero-order valence-corrected chi connectivity index (χ0v) is 13.0. The topological polar surface area (TPSA) is 32.7 Å². The fraction of sp³-hybridized carbons (Fsp3) is 0.600. The van der Waals surface area contributed by atoms with Crippen molar-refractivity contribution in [1.82, 2.24) is 4.90 Å². The van der Waals surface area contributed by atoms with E-state index in [1.165, 1.54) is 19.3 Å². The van der Waals surface area contributed by atoms with E-state index in [9.17, 15) is 5.11 Å². The number of aliphatic hydroxyl groups is 1. The van der Waals surface area contributed by atoms with Crippen molar-refractivity contribution in [3.63, 3.8) is 0 Å². The Hall–Kier alpha value is -0.580. The molecule has 0 saturated carbocycles. The van der Waals surface area contributed by atoms with E-state index >= 15 is 0 Å². The zero-order valence-electron chi connectivity index (χ0n) is 11.4. The normalized spacial score (nSPS) is 22.2. The number of β-amino-alcohol motifs (C(OH)–C–C–N with tert-alkyl or cyclic N) is 1. The van der Waals surface area contributed by atoms with Gasteiger partial charge in [0.25, 0.3) is 0 Å². The first kappa shape index (κ1) is 14.8. The minimum atomic E-state index is -0.427. The van der Waals surface area contributed by atoms with Gasteiger partial charge >= 0.3 is 0 Å². The van der Waals surface area contributed by atoms with E-state index in [2.05, 4.69) is 27.8 Å². The first-order chi connectivity index (χ1) is 9.15. The smallest absolute Gasteiger partial charge is 0.119 e. The number of nitrogens with zero attached hydrogens (tertiary/aromatic N) is 1. The number of hydrogen-bond acceptors (Lipinski definition) is 3. The molecule has 1 aliphatic heterocycles. The fourth-order valence-electron chi connectivity index (χ4n) is 2.48. The van der Waals surface area contributed by atoms with E-state index in [-0.39, 0.29) is 0 Å². The summed E-state index contributed by atoms with van der Waals surface area (Å²) < 4.78 is 6.63. The van der Waals surface area contributed by atoms with Gasteiger partial charge in [0.05, 0.1) is 0 Å². The SMILES string of the molecule is CC1CCCCN1CC(O)COc1ccc(Br)cc1. The summed E-state index contributed by atoms with van der Waals surface area (Å²) in [5, 5.41) is 10.1. The van der Waals surface area contributed by atoms with Gasteiger partial charge in [0, 0.05) is 17.1 Å². The van der Waals surface area contributed by atoms with Crippen LogP contribution in [0.2, 0.25) is 0 Å². The number of piperidine rings is 1. The lowest BCUT2D eigenvalue weighted by Crippen LogP contribution is -2.43. The maximum atomic E-state index is 10.1. The minimum Gasteiger partial charge on any atom is -0.491 e. The van der Waals surface area contributed by atoms with Crippen molar-refractivity contribution < 1.29 is 9.84 Å². The first-order valence-corrected chi connectivity index (χ1v) is 7.75. The molecule has 2 unspecified atom stereocenters. The molecule has 4 heteroatoms. The third kappa shape index (κ3) is 4.79. The van der Waals surface area contributed by atoms with Crippen LogP contribution in [0, 0.1) is 0 Å². The Bertz CT molecular complexity index is 382. The maximum absolute atomic E-state index is 10.1. The van der Waals surface area contributed by atoms with E-state index in [1.807, 2.05) is 24.3 Å². The lowest BCUT2D eigenvalue weighted by Gasteiger charge is -2.34. The predicted octanol–water partition coefficient (Wildman–Crippen LogP) is 3.06. The predicted molar refractivity (Wildman–Crippen MR) is 80.5 cm³/mol. The molecule has 0 amide bonds. The Morgan fingerprint density at radius 2 is 2.11 bits per heavy atom. The lowest BCUT2D eigenvalue weighted by atomic mass is 10.0. The van der Waals surface area contributed by atoms with Crippen molar-refractivity contribution >= 4 is 15.9 Å². The molecule has 0 bridgehead atoms. The molecule has 1 fully saturated rings. The van der Waals surface area contributed by atoms with Crippen LogP contribution in [0.5, 0.6) is 5.75 Å². The molecule has 106 valence electrons. The van der Waals surface area contributed by atoms with E-state index < -0.39 is 6.10 Å². The number of likely N-dealkylation sites (tertiary alicyclic amines) is 1. The molecule has 0 aliphatic carbocycles. The van der Waals surface area contributed by atoms with Gasteiger partial charge in [-0.05, 0) is 50.6 Å². The highest BCUT2D eigenvalue weighted by atomic mass is 79.9. The van der Waals surface area contributed by atoms with Crippen molar-refractivity contribution in [1.29, 1.82) is 0 Å². The summed E-state index contributed by atoms with van der Waals surface area (Å²) in [6, 6.07) is 8.26. The van der Waals surface area contributed by atoms with Crippen molar-refractivity contribution in [3.05, 3.63) is 28.7 Å². The molecule has 1 saturated heterocycles. The zero-order chi connectivity index (χ0) is 13.7. The van der Waals surface area contributed by atoms with Crippen molar-refractivity contribution in [2.45, 2.75) is 38.3 Å². The molecule has 3 nitrogen and oxygen atoms in total. The molecule has 0 radical (unpaired) electrons. The Morgan fingerprint density at radius 3 is 2.79 bits per heavy atom. The van der Waals surface area contributed by atoms with Gasteiger partial charge in [-0.1, -0.05) is 22.4 Å². The molecule has 19 heavy (non-hydrogen) atoms. The van der Waals surface area contributed by atoms with Crippen LogP contribution >= 0.6 is 15.9 Å². The van der Waals surface area contributed by atoms with Gasteiger partial charge in [-0.25, -0.2) is 0 Å². The number of hydrogen-bond donors (Lipinski definition) is 1. The average Bonchev–Trinajstić information content (AvgIpc) is 2.41. The average molecular weight is 328 g/mol. The molecule has 1 aromatic rings. The van der Waals surface area contributed by atoms with Gasteiger partial charge < -0.3 is 9.84 Å². The summed E-state index contributed by atoms with van der Waals surface area (Å²) in [5.74, 6) is 0.800. The van der Waals surface area contributed by atoms with Gasteiger partial charge in [-0.2, -0.15) is 0 Å². The number of ether oxygens (including phenoxy) is 1. The molecule has 1 aromatic carbocycles. The molecule has 2 rings (SSSR count). The number of rotatable bonds is 5. The highest BCUT2D eigenvalue weighted by molar-refractivity contribution is 9.10. The molecule has 0 aromatic heterocycles. The summed E-state index contributed by atoms with van der Waals surface area (Å²) in [6.45, 7) is 4.39. The molecular formula is C15H22BrNO2. The number of benzene rings is 1. The Kier molecular flexibility index (Phi) is 5.67. The largest absolute Gasteiger partial charge is 0.491 e. The second-order valence-corrected chi connectivity index (χ2v) is 6.17. The Balaban J connectivity index is 1.74. The van der Waals surface area contributed by atoms with Gasteiger partial charge in [-0.15, -0.1) is 0 Å². The second kappa shape index (κ2) is 7.27. The van der Waals surface area contributed by atoms with Crippen molar-refractivity contribution in [3.8, 4) is 5.75 Å². The van der Waals surface area contributed by atoms with Gasteiger partial charge in [0.15, 0.2) is 0 Å². The van der Waals surface area contributed by atoms with Crippen LogP contribution in [0.25, 0.3) is 0 Å². The summed E-state index contributed by atoms with van der Waals surface area (Å²) >= 11 is 3.39. The van der Waals surface area contributed by atoms with Crippen LogP contribution in [0.4, 0.5) is 0 Å². The summed E-state index contributed by atoms with van der Waals surface area (Å²) in [6.07, 6.45) is 3.36. The van der Waals surface area contributed by atoms with Crippen molar-refractivity contribution in [2.75, 3.05) is 19.7 Å². The molecule has 1 aliphatic rings. The van der Waals surface area contributed by atoms with Gasteiger partial charge in [0.2, 0.25) is 0 Å². The Labute approximate surface area is 123 Å². The molecule has 2 atom stereocenters. The van der Waals surface area contributed by atoms with Gasteiger partial charge in [-0.3, -0.25) is 4.90 Å².